The number of carbonyl (C=O) groups excluding carboxylic acids is 2. The number of phenols is 1. The molecule has 3 aromatic carbocycles. The van der Waals surface area contributed by atoms with Crippen molar-refractivity contribution in [3.63, 3.8) is 0 Å². The highest BCUT2D eigenvalue weighted by Crippen LogP contribution is 2.41. The van der Waals surface area contributed by atoms with Gasteiger partial charge in [-0.3, -0.25) is 9.59 Å². The lowest BCUT2D eigenvalue weighted by Crippen LogP contribution is -2.46. The van der Waals surface area contributed by atoms with Crippen LogP contribution in [0.4, 0.5) is 0 Å². The Morgan fingerprint density at radius 2 is 1.58 bits per heavy atom. The van der Waals surface area contributed by atoms with Crippen LogP contribution in [0, 0.1) is 0 Å². The van der Waals surface area contributed by atoms with Crippen molar-refractivity contribution in [1.29, 1.82) is 0 Å². The Labute approximate surface area is 182 Å². The molecule has 1 aliphatic rings. The van der Waals surface area contributed by atoms with Crippen molar-refractivity contribution in [3.05, 3.63) is 89.5 Å². The zero-order valence-corrected chi connectivity index (χ0v) is 17.9. The molecule has 1 atom stereocenters. The fourth-order valence-electron chi connectivity index (χ4n) is 4.07. The Balaban J connectivity index is 1.77. The number of benzene rings is 3. The molecule has 5 heteroatoms. The molecule has 1 unspecified atom stereocenters. The summed E-state index contributed by atoms with van der Waals surface area (Å²) in [5.74, 6) is -0.611. The first kappa shape index (κ1) is 20.7. The fraction of sp³-hybridized carbons (Fsp3) is 0.231. The van der Waals surface area contributed by atoms with Crippen LogP contribution in [-0.2, 0) is 11.3 Å². The molecule has 4 rings (SSSR count). The molecule has 158 valence electrons. The predicted molar refractivity (Wildman–Crippen MR) is 120 cm³/mol. The molecule has 31 heavy (non-hydrogen) atoms. The van der Waals surface area contributed by atoms with Crippen LogP contribution in [0.15, 0.2) is 72.8 Å². The van der Waals surface area contributed by atoms with E-state index < -0.39 is 11.6 Å². The number of amides is 2. The van der Waals surface area contributed by atoms with Crippen molar-refractivity contribution in [2.75, 3.05) is 0 Å². The van der Waals surface area contributed by atoms with Crippen LogP contribution < -0.4 is 5.32 Å². The molecule has 1 aliphatic heterocycles. The first-order valence-corrected chi connectivity index (χ1v) is 10.3. The highest BCUT2D eigenvalue weighted by atomic mass is 16.3. The van der Waals surface area contributed by atoms with Crippen LogP contribution >= 0.6 is 0 Å². The van der Waals surface area contributed by atoms with E-state index in [0.717, 1.165) is 16.7 Å². The average Bonchev–Trinajstić information content (AvgIpc) is 3.01. The van der Waals surface area contributed by atoms with E-state index in [1.54, 1.807) is 17.0 Å². The van der Waals surface area contributed by atoms with Gasteiger partial charge in [-0.05, 0) is 49.6 Å². The van der Waals surface area contributed by atoms with E-state index in [0.29, 0.717) is 11.1 Å². The summed E-state index contributed by atoms with van der Waals surface area (Å²) in [6.45, 7) is 5.92. The van der Waals surface area contributed by atoms with Gasteiger partial charge in [-0.15, -0.1) is 0 Å². The number of carbonyl (C=O) groups is 2. The molecule has 0 saturated carbocycles. The Hall–Kier alpha value is -3.60. The van der Waals surface area contributed by atoms with Gasteiger partial charge in [0.2, 0.25) is 5.91 Å². The van der Waals surface area contributed by atoms with E-state index in [1.165, 1.54) is 6.07 Å². The Bertz CT molecular complexity index is 1130. The third kappa shape index (κ3) is 4.04. The second kappa shape index (κ2) is 7.91. The number of phenolic OH excluding ortho intramolecular Hbond substituents is 1. The lowest BCUT2D eigenvalue weighted by Gasteiger charge is -2.29. The number of hydrogen-bond donors (Lipinski definition) is 2. The fourth-order valence-corrected chi connectivity index (χ4v) is 4.07. The van der Waals surface area contributed by atoms with E-state index in [4.69, 9.17) is 0 Å². The number of aromatic hydroxyl groups is 1. The predicted octanol–water partition coefficient (Wildman–Crippen LogP) is 4.67. The first-order valence-electron chi connectivity index (χ1n) is 10.3. The number of nitrogens with zero attached hydrogens (tertiary/aromatic N) is 1. The molecule has 0 aromatic heterocycles. The SMILES string of the molecule is CC(C)(C)NC(=O)C1c2c(O)cccc2C(=O)N1Cc1ccccc1-c1ccccc1. The summed E-state index contributed by atoms with van der Waals surface area (Å²) in [4.78, 5) is 28.1. The highest BCUT2D eigenvalue weighted by molar-refractivity contribution is 6.05. The van der Waals surface area contributed by atoms with Crippen molar-refractivity contribution in [2.24, 2.45) is 0 Å². The van der Waals surface area contributed by atoms with Gasteiger partial charge in [0.15, 0.2) is 0 Å². The minimum Gasteiger partial charge on any atom is -0.508 e. The summed E-state index contributed by atoms with van der Waals surface area (Å²) < 4.78 is 0. The number of nitrogens with one attached hydrogen (secondary N) is 1. The lowest BCUT2D eigenvalue weighted by molar-refractivity contribution is -0.127. The summed E-state index contributed by atoms with van der Waals surface area (Å²) >= 11 is 0. The normalized spacial score (nSPS) is 15.6. The Morgan fingerprint density at radius 3 is 2.29 bits per heavy atom. The molecule has 0 bridgehead atoms. The Morgan fingerprint density at radius 1 is 0.935 bits per heavy atom. The summed E-state index contributed by atoms with van der Waals surface area (Å²) in [7, 11) is 0. The molecule has 0 saturated heterocycles. The second-order valence-corrected chi connectivity index (χ2v) is 8.84. The third-order valence-electron chi connectivity index (χ3n) is 5.35. The second-order valence-electron chi connectivity index (χ2n) is 8.84. The number of fused-ring (bicyclic) bond motifs is 1. The van der Waals surface area contributed by atoms with Gasteiger partial charge < -0.3 is 15.3 Å². The molecule has 2 amide bonds. The van der Waals surface area contributed by atoms with Gasteiger partial charge in [0.25, 0.3) is 5.91 Å². The topological polar surface area (TPSA) is 69.6 Å². The van der Waals surface area contributed by atoms with Gasteiger partial charge in [-0.25, -0.2) is 0 Å². The molecule has 0 fully saturated rings. The van der Waals surface area contributed by atoms with Crippen molar-refractivity contribution in [2.45, 2.75) is 38.9 Å². The maximum Gasteiger partial charge on any atom is 0.255 e. The van der Waals surface area contributed by atoms with E-state index in [2.05, 4.69) is 5.32 Å². The molecule has 2 N–H and O–H groups in total. The Kier molecular flexibility index (Phi) is 5.27. The zero-order chi connectivity index (χ0) is 22.2. The number of rotatable bonds is 4. The molecule has 0 spiro atoms. The third-order valence-corrected chi connectivity index (χ3v) is 5.35. The standard InChI is InChI=1S/C26H26N2O3/c1-26(2,3)27-24(30)23-22-20(14-9-15-21(22)29)25(31)28(23)16-18-12-7-8-13-19(18)17-10-5-4-6-11-17/h4-15,23,29H,16H2,1-3H3,(H,27,30). The van der Waals surface area contributed by atoms with Crippen LogP contribution in [0.3, 0.4) is 0 Å². The van der Waals surface area contributed by atoms with Gasteiger partial charge in [-0.1, -0.05) is 60.7 Å². The lowest BCUT2D eigenvalue weighted by atomic mass is 9.98. The molecule has 1 heterocycles. The van der Waals surface area contributed by atoms with Gasteiger partial charge in [0.1, 0.15) is 11.8 Å². The average molecular weight is 415 g/mol. The van der Waals surface area contributed by atoms with Gasteiger partial charge >= 0.3 is 0 Å². The molecule has 0 radical (unpaired) electrons. The maximum absolute atomic E-state index is 13.3. The largest absolute Gasteiger partial charge is 0.508 e. The van der Waals surface area contributed by atoms with Crippen LogP contribution in [0.25, 0.3) is 11.1 Å². The minimum atomic E-state index is -0.897. The molecule has 0 aliphatic carbocycles. The van der Waals surface area contributed by atoms with Crippen molar-refractivity contribution >= 4 is 11.8 Å². The first-order chi connectivity index (χ1) is 14.8. The van der Waals surface area contributed by atoms with Crippen molar-refractivity contribution in [3.8, 4) is 16.9 Å². The van der Waals surface area contributed by atoms with Crippen LogP contribution in [0.5, 0.6) is 5.75 Å². The van der Waals surface area contributed by atoms with E-state index in [9.17, 15) is 14.7 Å². The van der Waals surface area contributed by atoms with Crippen LogP contribution in [-0.4, -0.2) is 27.4 Å². The molecular weight excluding hydrogens is 388 g/mol. The van der Waals surface area contributed by atoms with Gasteiger partial charge in [-0.2, -0.15) is 0 Å². The van der Waals surface area contributed by atoms with E-state index >= 15 is 0 Å². The van der Waals surface area contributed by atoms with Crippen LogP contribution in [0.2, 0.25) is 0 Å². The van der Waals surface area contributed by atoms with Gasteiger partial charge in [0.05, 0.1) is 0 Å². The summed E-state index contributed by atoms with van der Waals surface area (Å²) in [6, 6.07) is 21.7. The van der Waals surface area contributed by atoms with Crippen molar-refractivity contribution in [1.82, 2.24) is 10.2 Å². The minimum absolute atomic E-state index is 0.0428. The summed E-state index contributed by atoms with van der Waals surface area (Å²) in [6.07, 6.45) is 0. The summed E-state index contributed by atoms with van der Waals surface area (Å²) in [5, 5.41) is 13.5. The maximum atomic E-state index is 13.3. The zero-order valence-electron chi connectivity index (χ0n) is 17.9. The van der Waals surface area contributed by atoms with Crippen LogP contribution in [0.1, 0.15) is 48.3 Å². The molecule has 5 nitrogen and oxygen atoms in total. The monoisotopic (exact) mass is 414 g/mol. The molecule has 3 aromatic rings. The number of hydrogen-bond acceptors (Lipinski definition) is 3. The smallest absolute Gasteiger partial charge is 0.255 e. The molecular formula is C26H26N2O3. The quantitative estimate of drug-likeness (QED) is 0.652. The van der Waals surface area contributed by atoms with E-state index in [-0.39, 0.29) is 24.1 Å². The van der Waals surface area contributed by atoms with Gasteiger partial charge in [0, 0.05) is 23.2 Å². The highest BCUT2D eigenvalue weighted by Gasteiger charge is 2.43. The van der Waals surface area contributed by atoms with Crippen molar-refractivity contribution < 1.29 is 14.7 Å². The summed E-state index contributed by atoms with van der Waals surface area (Å²) in [5.41, 5.74) is 3.24. The van der Waals surface area contributed by atoms with E-state index in [1.807, 2.05) is 75.4 Å².